The highest BCUT2D eigenvalue weighted by Gasteiger charge is 2.23. The van der Waals surface area contributed by atoms with Gasteiger partial charge in [0.1, 0.15) is 5.75 Å². The first kappa shape index (κ1) is 23.8. The number of benzene rings is 2. The van der Waals surface area contributed by atoms with Gasteiger partial charge >= 0.3 is 0 Å². The topological polar surface area (TPSA) is 73.2 Å². The second-order valence-corrected chi connectivity index (χ2v) is 9.06. The molecule has 0 aliphatic heterocycles. The molecule has 2 aromatic carbocycles. The van der Waals surface area contributed by atoms with Gasteiger partial charge in [0.05, 0.1) is 24.8 Å². The molecule has 172 valence electrons. The molecule has 1 unspecified atom stereocenters. The van der Waals surface area contributed by atoms with Crippen molar-refractivity contribution < 1.29 is 14.6 Å². The molecule has 1 aliphatic carbocycles. The predicted octanol–water partition coefficient (Wildman–Crippen LogP) is 5.43. The van der Waals surface area contributed by atoms with E-state index in [9.17, 15) is 8.42 Å². The van der Waals surface area contributed by atoms with Gasteiger partial charge in [-0.25, -0.2) is 18.1 Å². The molecule has 1 heterocycles. The number of imidazole rings is 1. The third-order valence-corrected chi connectivity index (χ3v) is 6.42. The van der Waals surface area contributed by atoms with Crippen LogP contribution in [0.3, 0.4) is 0 Å². The van der Waals surface area contributed by atoms with Crippen LogP contribution < -0.4 is 9.46 Å². The number of aromatic nitrogens is 2. The lowest BCUT2D eigenvalue weighted by Gasteiger charge is -2.25. The van der Waals surface area contributed by atoms with Crippen molar-refractivity contribution in [2.75, 3.05) is 7.11 Å². The van der Waals surface area contributed by atoms with Crippen LogP contribution in [0.4, 0.5) is 0 Å². The summed E-state index contributed by atoms with van der Waals surface area (Å²) in [6, 6.07) is 13.4. The number of sulfonamides is 1. The Labute approximate surface area is 192 Å². The highest BCUT2D eigenvalue weighted by molar-refractivity contribution is 7.92. The Morgan fingerprint density at radius 1 is 1.22 bits per heavy atom. The summed E-state index contributed by atoms with van der Waals surface area (Å²) in [7, 11) is -2.00. The molecule has 1 atom stereocenters. The molecule has 0 radical (unpaired) electrons. The standard InChI is InChI=1S/C23H25N3O3S.C2H6.H2/c1-17-15-26(16-24-17)22-11-10-18(14-23(22)29-2)12-13-30(27,28)25-21-9-5-7-19-6-3-4-8-20(19)21;1-2;/h3-4,6,8,10-16,21,25H,5,7,9H2,1-2H3;1-2H3;1H/b13-12+;;. The average Bonchev–Trinajstić information content (AvgIpc) is 3.25. The minimum Gasteiger partial charge on any atom is -0.495 e. The first-order valence-electron chi connectivity index (χ1n) is 10.9. The summed E-state index contributed by atoms with van der Waals surface area (Å²) in [5.74, 6) is 0.640. The predicted molar refractivity (Wildman–Crippen MR) is 132 cm³/mol. The maximum absolute atomic E-state index is 12.7. The number of hydrogen-bond donors (Lipinski definition) is 1. The zero-order chi connectivity index (χ0) is 23.1. The van der Waals surface area contributed by atoms with Crippen LogP contribution in [-0.2, 0) is 16.4 Å². The Kier molecular flexibility index (Phi) is 7.88. The highest BCUT2D eigenvalue weighted by atomic mass is 32.2. The summed E-state index contributed by atoms with van der Waals surface area (Å²) < 4.78 is 35.6. The number of nitrogens with zero attached hydrogens (tertiary/aromatic N) is 2. The van der Waals surface area contributed by atoms with E-state index in [1.54, 1.807) is 19.5 Å². The molecular weight excluding hydrogens is 422 g/mol. The molecule has 7 heteroatoms. The van der Waals surface area contributed by atoms with Gasteiger partial charge in [-0.1, -0.05) is 44.2 Å². The second-order valence-electron chi connectivity index (χ2n) is 7.46. The Morgan fingerprint density at radius 2 is 2.00 bits per heavy atom. The SMILES string of the molecule is CC.COc1cc(/C=C/S(=O)(=O)NC2CCCc3ccccc32)ccc1-n1cnc(C)c1.[HH]. The van der Waals surface area contributed by atoms with Crippen molar-refractivity contribution in [2.45, 2.75) is 46.1 Å². The normalized spacial score (nSPS) is 15.7. The molecular formula is C25H33N3O3S. The molecule has 1 N–H and O–H groups in total. The van der Waals surface area contributed by atoms with Gasteiger partial charge in [0.15, 0.2) is 0 Å². The summed E-state index contributed by atoms with van der Waals surface area (Å²) in [5, 5.41) is 1.22. The van der Waals surface area contributed by atoms with Crippen molar-refractivity contribution in [1.29, 1.82) is 0 Å². The van der Waals surface area contributed by atoms with Crippen molar-refractivity contribution in [3.63, 3.8) is 0 Å². The maximum Gasteiger partial charge on any atom is 0.234 e. The summed E-state index contributed by atoms with van der Waals surface area (Å²) in [4.78, 5) is 4.24. The molecule has 0 saturated carbocycles. The van der Waals surface area contributed by atoms with E-state index in [1.807, 2.05) is 67.9 Å². The second kappa shape index (κ2) is 10.6. The highest BCUT2D eigenvalue weighted by Crippen LogP contribution is 2.30. The van der Waals surface area contributed by atoms with Crippen LogP contribution in [0.1, 0.15) is 56.5 Å². The molecule has 0 amide bonds. The number of fused-ring (bicyclic) bond motifs is 1. The van der Waals surface area contributed by atoms with E-state index in [4.69, 9.17) is 4.74 Å². The van der Waals surface area contributed by atoms with Crippen LogP contribution in [0, 0.1) is 6.92 Å². The van der Waals surface area contributed by atoms with Crippen molar-refractivity contribution in [3.05, 3.63) is 82.8 Å². The lowest BCUT2D eigenvalue weighted by molar-refractivity contribution is 0.413. The van der Waals surface area contributed by atoms with Gasteiger partial charge in [-0.05, 0) is 61.1 Å². The van der Waals surface area contributed by atoms with Crippen molar-refractivity contribution in [2.24, 2.45) is 0 Å². The molecule has 0 fully saturated rings. The number of hydrogen-bond acceptors (Lipinski definition) is 4. The minimum atomic E-state index is -3.59. The quantitative estimate of drug-likeness (QED) is 0.538. The smallest absolute Gasteiger partial charge is 0.234 e. The largest absolute Gasteiger partial charge is 0.495 e. The molecule has 32 heavy (non-hydrogen) atoms. The molecule has 6 nitrogen and oxygen atoms in total. The maximum atomic E-state index is 12.7. The van der Waals surface area contributed by atoms with Crippen molar-refractivity contribution >= 4 is 16.1 Å². The van der Waals surface area contributed by atoms with E-state index in [-0.39, 0.29) is 7.47 Å². The van der Waals surface area contributed by atoms with Crippen LogP contribution in [0.5, 0.6) is 5.75 Å². The fourth-order valence-electron chi connectivity index (χ4n) is 3.85. The van der Waals surface area contributed by atoms with Gasteiger partial charge in [0, 0.05) is 19.1 Å². The monoisotopic (exact) mass is 455 g/mol. The molecule has 3 aromatic rings. The zero-order valence-electron chi connectivity index (χ0n) is 19.1. The Morgan fingerprint density at radius 3 is 2.72 bits per heavy atom. The van der Waals surface area contributed by atoms with Crippen LogP contribution in [-0.4, -0.2) is 25.1 Å². The summed E-state index contributed by atoms with van der Waals surface area (Å²) in [6.45, 7) is 5.92. The molecule has 1 aromatic heterocycles. The average molecular weight is 456 g/mol. The summed E-state index contributed by atoms with van der Waals surface area (Å²) >= 11 is 0. The van der Waals surface area contributed by atoms with Gasteiger partial charge in [-0.2, -0.15) is 0 Å². The Balaban J connectivity index is 0.00000125. The number of ether oxygens (including phenoxy) is 1. The van der Waals surface area contributed by atoms with E-state index in [1.165, 1.54) is 11.0 Å². The lowest BCUT2D eigenvalue weighted by atomic mass is 9.88. The van der Waals surface area contributed by atoms with Gasteiger partial charge in [-0.3, -0.25) is 0 Å². The number of methoxy groups -OCH3 is 1. The van der Waals surface area contributed by atoms with E-state index in [0.29, 0.717) is 5.75 Å². The number of aryl methyl sites for hydroxylation is 2. The first-order valence-corrected chi connectivity index (χ1v) is 12.5. The molecule has 1 aliphatic rings. The number of nitrogens with one attached hydrogen (secondary N) is 1. The van der Waals surface area contributed by atoms with Gasteiger partial charge in [-0.15, -0.1) is 0 Å². The fourth-order valence-corrected chi connectivity index (χ4v) is 4.90. The van der Waals surface area contributed by atoms with Crippen LogP contribution in [0.15, 0.2) is 60.4 Å². The lowest BCUT2D eigenvalue weighted by Crippen LogP contribution is -2.29. The van der Waals surface area contributed by atoms with E-state index >= 15 is 0 Å². The van der Waals surface area contributed by atoms with Gasteiger partial charge in [0.25, 0.3) is 0 Å². The van der Waals surface area contributed by atoms with Crippen LogP contribution >= 0.6 is 0 Å². The van der Waals surface area contributed by atoms with Gasteiger partial charge < -0.3 is 9.30 Å². The third kappa shape index (κ3) is 5.66. The summed E-state index contributed by atoms with van der Waals surface area (Å²) in [5.41, 5.74) is 4.78. The van der Waals surface area contributed by atoms with Crippen LogP contribution in [0.2, 0.25) is 0 Å². The fraction of sp³-hybridized carbons (Fsp3) is 0.320. The molecule has 0 bridgehead atoms. The Bertz CT molecular complexity index is 1190. The first-order chi connectivity index (χ1) is 15.4. The molecule has 0 saturated heterocycles. The molecule has 4 rings (SSSR count). The van der Waals surface area contributed by atoms with E-state index in [2.05, 4.69) is 15.8 Å². The van der Waals surface area contributed by atoms with E-state index in [0.717, 1.165) is 41.8 Å². The van der Waals surface area contributed by atoms with Crippen molar-refractivity contribution in [1.82, 2.24) is 14.3 Å². The minimum absolute atomic E-state index is 0. The summed E-state index contributed by atoms with van der Waals surface area (Å²) in [6.07, 6.45) is 7.98. The van der Waals surface area contributed by atoms with E-state index < -0.39 is 10.0 Å². The Hall–Kier alpha value is -2.90. The third-order valence-electron chi connectivity index (χ3n) is 5.31. The zero-order valence-corrected chi connectivity index (χ0v) is 19.9. The van der Waals surface area contributed by atoms with Crippen LogP contribution in [0.25, 0.3) is 11.8 Å². The van der Waals surface area contributed by atoms with Crippen molar-refractivity contribution in [3.8, 4) is 11.4 Å². The number of rotatable bonds is 6. The van der Waals surface area contributed by atoms with Gasteiger partial charge in [0.2, 0.25) is 10.0 Å². The molecule has 0 spiro atoms.